The number of anilines is 1. The number of aliphatic hydroxyl groups excluding tert-OH is 1. The van der Waals surface area contributed by atoms with Crippen molar-refractivity contribution in [3.63, 3.8) is 0 Å². The number of carbonyl (C=O) groups is 15. The van der Waals surface area contributed by atoms with Crippen molar-refractivity contribution in [2.45, 2.75) is 205 Å². The topological polar surface area (TPSA) is 604 Å². The van der Waals surface area contributed by atoms with Gasteiger partial charge in [0.25, 0.3) is 0 Å². The van der Waals surface area contributed by atoms with E-state index in [2.05, 4.69) is 78.8 Å². The van der Waals surface area contributed by atoms with Crippen LogP contribution in [0.5, 0.6) is 5.75 Å². The van der Waals surface area contributed by atoms with E-state index in [4.69, 9.17) is 36.8 Å². The van der Waals surface area contributed by atoms with Crippen LogP contribution in [0.1, 0.15) is 135 Å². The molecule has 15 amide bonds. The van der Waals surface area contributed by atoms with E-state index in [0.717, 1.165) is 0 Å². The van der Waals surface area contributed by atoms with Crippen molar-refractivity contribution in [2.24, 2.45) is 35.0 Å². The summed E-state index contributed by atoms with van der Waals surface area (Å²) in [5.41, 5.74) is 19.5. The Morgan fingerprint density at radius 1 is 0.613 bits per heavy atom. The van der Waals surface area contributed by atoms with Crippen molar-refractivity contribution < 1.29 is 91.2 Å². The number of likely N-dealkylation sites (N-methyl/N-ethyl adjacent to an activating group) is 2. The van der Waals surface area contributed by atoms with Crippen LogP contribution >= 0.6 is 0 Å². The van der Waals surface area contributed by atoms with Crippen molar-refractivity contribution in [1.29, 1.82) is 5.41 Å². The van der Waals surface area contributed by atoms with E-state index in [1.165, 1.54) is 65.6 Å². The lowest BCUT2D eigenvalue weighted by molar-refractivity contribution is -0.154. The Bertz CT molecular complexity index is 4490. The first kappa shape index (κ1) is 98.2. The van der Waals surface area contributed by atoms with E-state index in [1.807, 2.05) is 0 Å². The number of esters is 1. The number of para-hydroxylation sites is 1. The number of fused-ring (bicyclic) bond motifs is 1. The van der Waals surface area contributed by atoms with Crippen LogP contribution in [-0.4, -0.2) is 256 Å². The van der Waals surface area contributed by atoms with E-state index < -0.39 is 156 Å². The van der Waals surface area contributed by atoms with Gasteiger partial charge in [-0.05, 0) is 129 Å². The van der Waals surface area contributed by atoms with Gasteiger partial charge in [-0.3, -0.25) is 58.1 Å². The average Bonchev–Trinajstić information content (AvgIpc) is 1.63. The number of imidazole rings is 1. The molecule has 0 bridgehead atoms. The smallest absolute Gasteiger partial charge is 0.415 e. The Hall–Kier alpha value is -13.0. The molecule has 7 rings (SSSR count). The number of nitrogens with two attached hydrogens (primary N) is 3. The predicted octanol–water partition coefficient (Wildman–Crippen LogP) is 0.0473. The standard InChI is InChI=1S/C83H120N22O19/c1-10-122-79(118)66-20-15-33-105(66)78(117)59(19-14-31-89-80(85)86)96-71(110)60(36-46(2)3)97-72(111)61(37-47(4)5)98-73(112)62(99-76(115)65(43-106)102-74(113)63(39-51-41-91-56-17-12-11-16-55(51)56)100-75(114)64(40-53-42-88-45-92-53)101-70(109)58-29-30-67(107)94-58)38-49-23-27-54(28-24-49)124-83(121)104(9)35-34-103(8)82(120)123-44-50-21-25-52(26-22-50)93-69(108)57(18-13-32-90-81(87)119)95-77(116)68(84)48(6)7/h11-12,16-17,21-28,41-42,45-48,57-66,68,91,106H,10,13-15,18-20,29-40,43-44,84H2,1-9H3,(H,88,92)(H,93,108)(H,94,107)(H,95,116)(H,96,110)(H,97,111)(H,98,112)(H,99,115)(H,100,114)(H,101,109)(H,102,113)(H4,85,86,89)(H3,87,90,119)/t57-,58?,59-,60-,61-,62-,63-,64-,65-,66-,68-/m0/s1. The second-order valence-corrected chi connectivity index (χ2v) is 31.8. The molecule has 0 radical (unpaired) electrons. The number of nitrogens with one attached hydrogen (secondary N) is 15. The highest BCUT2D eigenvalue weighted by Gasteiger charge is 2.41. The summed E-state index contributed by atoms with van der Waals surface area (Å²) in [6.07, 6.45) is 3.84. The number of carbonyl (C=O) groups excluding carboxylic acids is 15. The Kier molecular flexibility index (Phi) is 38.5. The van der Waals surface area contributed by atoms with Gasteiger partial charge in [0, 0.05) is 101 Å². The fourth-order valence-electron chi connectivity index (χ4n) is 13.7. The molecular weight excluding hydrogens is 1610 g/mol. The molecule has 124 heavy (non-hydrogen) atoms. The highest BCUT2D eigenvalue weighted by molar-refractivity contribution is 6.01. The molecule has 2 aromatic heterocycles. The highest BCUT2D eigenvalue weighted by atomic mass is 16.6. The SMILES string of the molecule is CCOC(=O)[C@@H]1CCCN1C(=O)[C@H](CCCNC(=N)N)NC(=O)[C@H](CC(C)C)NC(=O)[C@H](CC(C)C)NC(=O)[C@H](Cc1ccc(OC(=O)N(C)CCN(C)C(=O)OCc2ccc(NC(=O)[C@H](CCCNC(N)=O)NC(=O)[C@@H](N)C(C)C)cc2)cc1)NC(=O)[C@H](CO)NC(=O)[C@H](Cc1c[nH]c2ccccc12)NC(=O)[C@H](Cc1c[nH]cn1)NC(=O)C1CCC(=O)N1. The average molecular weight is 1730 g/mol. The minimum absolute atomic E-state index is 0.0114. The number of aliphatic hydroxyl groups is 1. The summed E-state index contributed by atoms with van der Waals surface area (Å²) in [5, 5.41) is 51.4. The summed E-state index contributed by atoms with van der Waals surface area (Å²) >= 11 is 0. The van der Waals surface area contributed by atoms with Crippen LogP contribution in [0, 0.1) is 23.2 Å². The van der Waals surface area contributed by atoms with Crippen molar-refractivity contribution in [2.75, 3.05) is 65.3 Å². The molecule has 0 spiro atoms. The number of ether oxygens (including phenoxy) is 3. The zero-order valence-corrected chi connectivity index (χ0v) is 71.4. The van der Waals surface area contributed by atoms with Crippen LogP contribution in [0.3, 0.4) is 0 Å². The maximum atomic E-state index is 15.2. The first-order chi connectivity index (χ1) is 59.0. The number of nitrogens with zero attached hydrogens (tertiary/aromatic N) is 4. The summed E-state index contributed by atoms with van der Waals surface area (Å²) in [6.45, 7) is 11.5. The number of hydrogen-bond acceptors (Lipinski definition) is 22. The summed E-state index contributed by atoms with van der Waals surface area (Å²) in [4.78, 5) is 221. The van der Waals surface area contributed by atoms with Gasteiger partial charge in [0.2, 0.25) is 65.0 Å². The molecule has 0 aliphatic carbocycles. The van der Waals surface area contributed by atoms with Gasteiger partial charge in [0.05, 0.1) is 31.3 Å². The number of aromatic nitrogens is 3. The number of primary amides is 1. The third kappa shape index (κ3) is 31.2. The monoisotopic (exact) mass is 1730 g/mol. The van der Waals surface area contributed by atoms with Crippen LogP contribution in [0.25, 0.3) is 10.9 Å². The maximum Gasteiger partial charge on any atom is 0.415 e. The minimum Gasteiger partial charge on any atom is -0.464 e. The maximum absolute atomic E-state index is 15.2. The van der Waals surface area contributed by atoms with Crippen molar-refractivity contribution in [3.8, 4) is 5.75 Å². The number of H-pyrrole nitrogens is 2. The molecule has 1 unspecified atom stereocenters. The second-order valence-electron chi connectivity index (χ2n) is 31.8. The van der Waals surface area contributed by atoms with E-state index in [1.54, 1.807) is 103 Å². The first-order valence-electron chi connectivity index (χ1n) is 41.5. The van der Waals surface area contributed by atoms with E-state index in [9.17, 15) is 72.2 Å². The number of benzene rings is 3. The summed E-state index contributed by atoms with van der Waals surface area (Å²) in [5.74, 6) is -9.96. The molecule has 4 heterocycles. The summed E-state index contributed by atoms with van der Waals surface area (Å²) < 4.78 is 16.5. The number of aromatic amines is 2. The predicted molar refractivity (Wildman–Crippen MR) is 454 cm³/mol. The van der Waals surface area contributed by atoms with Crippen LogP contribution < -0.4 is 85.7 Å². The quantitative estimate of drug-likeness (QED) is 0.0106. The summed E-state index contributed by atoms with van der Waals surface area (Å²) in [7, 11) is 2.88. The van der Waals surface area contributed by atoms with E-state index >= 15 is 4.79 Å². The highest BCUT2D eigenvalue weighted by Crippen LogP contribution is 2.24. The molecular formula is C83H120N22O19. The lowest BCUT2D eigenvalue weighted by Crippen LogP contribution is -2.61. The van der Waals surface area contributed by atoms with E-state index in [0.29, 0.717) is 58.2 Å². The lowest BCUT2D eigenvalue weighted by atomic mass is 9.98. The van der Waals surface area contributed by atoms with Gasteiger partial charge in [-0.1, -0.05) is 84.0 Å². The minimum atomic E-state index is -1.86. The number of likely N-dealkylation sites (tertiary alicyclic amines) is 1. The van der Waals surface area contributed by atoms with Crippen molar-refractivity contribution in [1.82, 2.24) is 88.1 Å². The molecule has 676 valence electrons. The molecule has 2 aliphatic heterocycles. The fourth-order valence-corrected chi connectivity index (χ4v) is 13.7. The van der Waals surface area contributed by atoms with Crippen LogP contribution in [0.15, 0.2) is 91.5 Å². The molecule has 41 heteroatoms. The molecule has 0 saturated carbocycles. The number of guanidine groups is 1. The molecule has 41 nitrogen and oxygen atoms in total. The van der Waals surface area contributed by atoms with Gasteiger partial charge in [-0.2, -0.15) is 0 Å². The van der Waals surface area contributed by atoms with Gasteiger partial charge in [-0.15, -0.1) is 0 Å². The Morgan fingerprint density at radius 3 is 1.73 bits per heavy atom. The number of rotatable bonds is 47. The van der Waals surface area contributed by atoms with Crippen LogP contribution in [-0.2, 0) is 92.9 Å². The molecule has 5 aromatic rings. The van der Waals surface area contributed by atoms with Gasteiger partial charge in [0.15, 0.2) is 5.96 Å². The molecule has 2 aliphatic rings. The third-order valence-corrected chi connectivity index (χ3v) is 20.6. The number of amides is 15. The van der Waals surface area contributed by atoms with Gasteiger partial charge < -0.3 is 125 Å². The zero-order chi connectivity index (χ0) is 90.9. The molecule has 22 N–H and O–H groups in total. The van der Waals surface area contributed by atoms with Crippen molar-refractivity contribution >= 4 is 112 Å². The first-order valence-corrected chi connectivity index (χ1v) is 41.5. The van der Waals surface area contributed by atoms with Gasteiger partial charge in [-0.25, -0.2) is 24.2 Å². The Labute approximate surface area is 718 Å². The summed E-state index contributed by atoms with van der Waals surface area (Å²) in [6, 6.07) is 4.30. The zero-order valence-electron chi connectivity index (χ0n) is 71.4. The fraction of sp³-hybridized carbons (Fsp3) is 0.530. The normalized spacial score (nSPS) is 15.8. The molecule has 3 aromatic carbocycles. The van der Waals surface area contributed by atoms with Gasteiger partial charge in [0.1, 0.15) is 72.8 Å². The van der Waals surface area contributed by atoms with Gasteiger partial charge >= 0.3 is 24.2 Å². The van der Waals surface area contributed by atoms with E-state index in [-0.39, 0.29) is 146 Å². The molecule has 2 fully saturated rings. The van der Waals surface area contributed by atoms with Crippen LogP contribution in [0.2, 0.25) is 0 Å². The molecule has 11 atom stereocenters. The number of hydrogen-bond donors (Lipinski definition) is 19. The third-order valence-electron chi connectivity index (χ3n) is 20.6. The largest absolute Gasteiger partial charge is 0.464 e. The Balaban J connectivity index is 1.08. The lowest BCUT2D eigenvalue weighted by Gasteiger charge is -2.30. The molecule has 2 saturated heterocycles. The van der Waals surface area contributed by atoms with Crippen molar-refractivity contribution in [3.05, 3.63) is 114 Å². The number of urea groups is 1. The van der Waals surface area contributed by atoms with Crippen LogP contribution in [0.4, 0.5) is 20.1 Å². The second kappa shape index (κ2) is 48.6. The Morgan fingerprint density at radius 2 is 1.16 bits per heavy atom.